The Balaban J connectivity index is 2.66. The topological polar surface area (TPSA) is 20.3 Å². The first-order valence-corrected chi connectivity index (χ1v) is 4.91. The summed E-state index contributed by atoms with van der Waals surface area (Å²) in [6, 6.07) is 4.22. The fraction of sp³-hybridized carbons (Fsp3) is 0.417. The maximum atomic E-state index is 11.0. The molecule has 0 N–H and O–H groups in total. The fourth-order valence-electron chi connectivity index (χ4n) is 2.38. The van der Waals surface area contributed by atoms with Crippen molar-refractivity contribution < 1.29 is 4.79 Å². The van der Waals surface area contributed by atoms with Gasteiger partial charge in [0.2, 0.25) is 0 Å². The summed E-state index contributed by atoms with van der Waals surface area (Å²) < 4.78 is 0. The van der Waals surface area contributed by atoms with Crippen molar-refractivity contribution in [1.29, 1.82) is 0 Å². The molecule has 0 saturated carbocycles. The molecule has 0 spiro atoms. The zero-order valence-corrected chi connectivity index (χ0v) is 8.87. The van der Waals surface area contributed by atoms with Crippen molar-refractivity contribution in [2.45, 2.75) is 19.8 Å². The van der Waals surface area contributed by atoms with Crippen molar-refractivity contribution in [1.82, 2.24) is 0 Å². The minimum Gasteiger partial charge on any atom is -0.373 e. The number of carbonyl (C=O) groups excluding carboxylic acids is 1. The van der Waals surface area contributed by atoms with Gasteiger partial charge in [0.25, 0.3) is 0 Å². The number of hydrogen-bond acceptors (Lipinski definition) is 2. The predicted molar refractivity (Wildman–Crippen MR) is 58.0 cm³/mol. The smallest absolute Gasteiger partial charge is 0.129 e. The number of carbonyl (C=O) groups is 1. The summed E-state index contributed by atoms with van der Waals surface area (Å²) in [4.78, 5) is 13.1. The molecule has 14 heavy (non-hydrogen) atoms. The Morgan fingerprint density at radius 1 is 1.36 bits per heavy atom. The molecule has 0 aromatic heterocycles. The van der Waals surface area contributed by atoms with Crippen molar-refractivity contribution in [3.8, 4) is 0 Å². The molecule has 0 bridgehead atoms. The summed E-state index contributed by atoms with van der Waals surface area (Å²) in [5.41, 5.74) is 4.97. The average Bonchev–Trinajstić information content (AvgIpc) is 2.50. The van der Waals surface area contributed by atoms with E-state index in [0.717, 1.165) is 12.8 Å². The standard InChI is InChI=1S/C12H15NO/c1-8-4-5-9(2)12-11(8)10(7-14)6-13(12)3/h4-5,7,10H,6H2,1-3H3. The van der Waals surface area contributed by atoms with Gasteiger partial charge in [-0.1, -0.05) is 12.1 Å². The van der Waals surface area contributed by atoms with Crippen molar-refractivity contribution in [3.05, 3.63) is 28.8 Å². The molecule has 0 radical (unpaired) electrons. The first-order valence-electron chi connectivity index (χ1n) is 4.91. The lowest BCUT2D eigenvalue weighted by atomic mass is 9.96. The van der Waals surface area contributed by atoms with E-state index in [9.17, 15) is 4.79 Å². The summed E-state index contributed by atoms with van der Waals surface area (Å²) in [5.74, 6) is 0.0647. The van der Waals surface area contributed by atoms with Crippen molar-refractivity contribution >= 4 is 12.0 Å². The van der Waals surface area contributed by atoms with Crippen LogP contribution in [-0.2, 0) is 4.79 Å². The van der Waals surface area contributed by atoms with Gasteiger partial charge in [0, 0.05) is 19.3 Å². The summed E-state index contributed by atoms with van der Waals surface area (Å²) in [6.45, 7) is 5.00. The lowest BCUT2D eigenvalue weighted by molar-refractivity contribution is -0.108. The molecule has 1 aromatic carbocycles. The highest BCUT2D eigenvalue weighted by molar-refractivity contribution is 5.77. The quantitative estimate of drug-likeness (QED) is 0.630. The molecule has 1 atom stereocenters. The Morgan fingerprint density at radius 2 is 2.00 bits per heavy atom. The zero-order valence-electron chi connectivity index (χ0n) is 8.87. The number of aldehydes is 1. The molecule has 0 amide bonds. The van der Waals surface area contributed by atoms with Crippen LogP contribution in [-0.4, -0.2) is 19.9 Å². The van der Waals surface area contributed by atoms with Gasteiger partial charge in [0.05, 0.1) is 5.92 Å². The van der Waals surface area contributed by atoms with Crippen LogP contribution in [0.1, 0.15) is 22.6 Å². The number of hydrogen-bond donors (Lipinski definition) is 0. The van der Waals surface area contributed by atoms with Gasteiger partial charge in [-0.3, -0.25) is 0 Å². The predicted octanol–water partition coefficient (Wildman–Crippen LogP) is 2.04. The Kier molecular flexibility index (Phi) is 2.06. The van der Waals surface area contributed by atoms with Crippen LogP contribution in [0.4, 0.5) is 5.69 Å². The third-order valence-corrected chi connectivity index (χ3v) is 3.02. The maximum absolute atomic E-state index is 11.0. The van der Waals surface area contributed by atoms with E-state index in [1.165, 1.54) is 22.4 Å². The number of fused-ring (bicyclic) bond motifs is 1. The molecule has 1 aliphatic rings. The lowest BCUT2D eigenvalue weighted by Gasteiger charge is -2.15. The molecule has 74 valence electrons. The van der Waals surface area contributed by atoms with Crippen LogP contribution in [0.25, 0.3) is 0 Å². The van der Waals surface area contributed by atoms with Gasteiger partial charge in [-0.05, 0) is 30.5 Å². The summed E-state index contributed by atoms with van der Waals surface area (Å²) >= 11 is 0. The largest absolute Gasteiger partial charge is 0.373 e. The Hall–Kier alpha value is -1.31. The number of rotatable bonds is 1. The van der Waals surface area contributed by atoms with Gasteiger partial charge in [-0.2, -0.15) is 0 Å². The highest BCUT2D eigenvalue weighted by atomic mass is 16.1. The molecule has 2 nitrogen and oxygen atoms in total. The summed E-state index contributed by atoms with van der Waals surface area (Å²) in [5, 5.41) is 0. The second-order valence-electron chi connectivity index (χ2n) is 4.08. The summed E-state index contributed by atoms with van der Waals surface area (Å²) in [7, 11) is 2.05. The van der Waals surface area contributed by atoms with E-state index >= 15 is 0 Å². The van der Waals surface area contributed by atoms with Crippen LogP contribution >= 0.6 is 0 Å². The molecule has 1 aromatic rings. The number of anilines is 1. The minimum absolute atomic E-state index is 0.0647. The van der Waals surface area contributed by atoms with Crippen molar-refractivity contribution in [2.75, 3.05) is 18.5 Å². The van der Waals surface area contributed by atoms with Crippen LogP contribution < -0.4 is 4.90 Å². The van der Waals surface area contributed by atoms with Crippen LogP contribution in [0, 0.1) is 13.8 Å². The Bertz CT molecular complexity index is 384. The van der Waals surface area contributed by atoms with Gasteiger partial charge in [-0.15, -0.1) is 0 Å². The third kappa shape index (κ3) is 1.14. The van der Waals surface area contributed by atoms with E-state index in [0.29, 0.717) is 0 Å². The second-order valence-corrected chi connectivity index (χ2v) is 4.08. The molecule has 1 aliphatic heterocycles. The van der Waals surface area contributed by atoms with Gasteiger partial charge in [0.15, 0.2) is 0 Å². The van der Waals surface area contributed by atoms with Crippen molar-refractivity contribution in [3.63, 3.8) is 0 Å². The first-order chi connectivity index (χ1) is 6.65. The Labute approximate surface area is 84.5 Å². The van der Waals surface area contributed by atoms with E-state index in [4.69, 9.17) is 0 Å². The van der Waals surface area contributed by atoms with E-state index in [1.54, 1.807) is 0 Å². The third-order valence-electron chi connectivity index (χ3n) is 3.02. The van der Waals surface area contributed by atoms with Gasteiger partial charge >= 0.3 is 0 Å². The number of aryl methyl sites for hydroxylation is 2. The van der Waals surface area contributed by atoms with E-state index in [2.05, 4.69) is 37.9 Å². The van der Waals surface area contributed by atoms with Crippen LogP contribution in [0.3, 0.4) is 0 Å². The van der Waals surface area contributed by atoms with E-state index in [1.807, 2.05) is 0 Å². The highest BCUT2D eigenvalue weighted by Gasteiger charge is 2.28. The second kappa shape index (κ2) is 3.12. The number of nitrogens with zero attached hydrogens (tertiary/aromatic N) is 1. The van der Waals surface area contributed by atoms with Gasteiger partial charge < -0.3 is 9.69 Å². The zero-order chi connectivity index (χ0) is 10.3. The molecule has 1 heterocycles. The molecule has 1 unspecified atom stereocenters. The van der Waals surface area contributed by atoms with E-state index in [-0.39, 0.29) is 5.92 Å². The molecule has 0 fully saturated rings. The fourth-order valence-corrected chi connectivity index (χ4v) is 2.38. The van der Waals surface area contributed by atoms with Crippen molar-refractivity contribution in [2.24, 2.45) is 0 Å². The van der Waals surface area contributed by atoms with Crippen LogP contribution in [0.2, 0.25) is 0 Å². The molecular formula is C12H15NO. The minimum atomic E-state index is 0.0647. The first kappa shape index (κ1) is 9.25. The van der Waals surface area contributed by atoms with E-state index < -0.39 is 0 Å². The average molecular weight is 189 g/mol. The van der Waals surface area contributed by atoms with Gasteiger partial charge in [-0.25, -0.2) is 0 Å². The SMILES string of the molecule is Cc1ccc(C)c2c1C(C=O)CN2C. The lowest BCUT2D eigenvalue weighted by Crippen LogP contribution is -2.16. The number of benzene rings is 1. The van der Waals surface area contributed by atoms with Gasteiger partial charge in [0.1, 0.15) is 6.29 Å². The highest BCUT2D eigenvalue weighted by Crippen LogP contribution is 2.38. The molecule has 0 aliphatic carbocycles. The summed E-state index contributed by atoms with van der Waals surface area (Å²) in [6.07, 6.45) is 1.06. The Morgan fingerprint density at radius 3 is 2.64 bits per heavy atom. The molecule has 0 saturated heterocycles. The number of likely N-dealkylation sites (N-methyl/N-ethyl adjacent to an activating group) is 1. The monoisotopic (exact) mass is 189 g/mol. The van der Waals surface area contributed by atoms with Crippen LogP contribution in [0.15, 0.2) is 12.1 Å². The molecule has 2 rings (SSSR count). The van der Waals surface area contributed by atoms with Crippen LogP contribution in [0.5, 0.6) is 0 Å². The molecular weight excluding hydrogens is 174 g/mol. The molecule has 2 heteroatoms. The maximum Gasteiger partial charge on any atom is 0.129 e. The normalized spacial score (nSPS) is 19.6.